The third kappa shape index (κ3) is 5.07. The maximum Gasteiger partial charge on any atom is 0.416 e. The molecule has 140 valence electrons. The van der Waals surface area contributed by atoms with Gasteiger partial charge in [0.2, 0.25) is 17.6 Å². The molecule has 0 aliphatic heterocycles. The highest BCUT2D eigenvalue weighted by Gasteiger charge is 2.30. The monoisotopic (exact) mass is 395 g/mol. The van der Waals surface area contributed by atoms with Crippen molar-refractivity contribution >= 4 is 23.2 Å². The number of halogens is 4. The van der Waals surface area contributed by atoms with E-state index in [2.05, 4.69) is 15.5 Å². The van der Waals surface area contributed by atoms with Crippen molar-refractivity contribution in [3.63, 3.8) is 0 Å². The fourth-order valence-corrected chi connectivity index (χ4v) is 2.51. The molecular weight excluding hydrogens is 383 g/mol. The van der Waals surface area contributed by atoms with Crippen molar-refractivity contribution in [2.24, 2.45) is 0 Å². The van der Waals surface area contributed by atoms with Gasteiger partial charge < -0.3 is 9.84 Å². The molecule has 3 rings (SSSR count). The summed E-state index contributed by atoms with van der Waals surface area (Å²) in [4.78, 5) is 16.0. The predicted octanol–water partition coefficient (Wildman–Crippen LogP) is 4.98. The Morgan fingerprint density at radius 1 is 1.15 bits per heavy atom. The lowest BCUT2D eigenvalue weighted by molar-refractivity contribution is -0.137. The molecule has 1 heterocycles. The molecule has 27 heavy (non-hydrogen) atoms. The first-order chi connectivity index (χ1) is 12.8. The minimum atomic E-state index is -4.46. The van der Waals surface area contributed by atoms with Crippen LogP contribution >= 0.6 is 11.6 Å². The van der Waals surface area contributed by atoms with E-state index < -0.39 is 11.7 Å². The van der Waals surface area contributed by atoms with Crippen molar-refractivity contribution in [2.45, 2.75) is 19.0 Å². The SMILES string of the molecule is O=C(CCc1nc(-c2cccc(C(F)(F)F)c2)no1)Nc1cccc(Cl)c1. The minimum Gasteiger partial charge on any atom is -0.339 e. The first kappa shape index (κ1) is 18.9. The van der Waals surface area contributed by atoms with Crippen LogP contribution in [0.15, 0.2) is 53.1 Å². The second-order valence-corrected chi connectivity index (χ2v) is 6.09. The summed E-state index contributed by atoms with van der Waals surface area (Å²) < 4.78 is 43.4. The van der Waals surface area contributed by atoms with Crippen molar-refractivity contribution in [3.05, 3.63) is 65.0 Å². The van der Waals surface area contributed by atoms with Gasteiger partial charge in [0.1, 0.15) is 0 Å². The Kier molecular flexibility index (Phi) is 5.46. The molecule has 1 aromatic heterocycles. The molecule has 0 fully saturated rings. The van der Waals surface area contributed by atoms with E-state index >= 15 is 0 Å². The molecular formula is C18H13ClF3N3O2. The average Bonchev–Trinajstić information content (AvgIpc) is 3.08. The molecule has 0 spiro atoms. The largest absolute Gasteiger partial charge is 0.416 e. The number of hydrogen-bond donors (Lipinski definition) is 1. The Morgan fingerprint density at radius 3 is 2.67 bits per heavy atom. The number of aryl methyl sites for hydroxylation is 1. The number of anilines is 1. The normalized spacial score (nSPS) is 11.4. The Hall–Kier alpha value is -2.87. The number of nitrogens with zero attached hydrogens (tertiary/aromatic N) is 2. The summed E-state index contributed by atoms with van der Waals surface area (Å²) in [6.45, 7) is 0. The second kappa shape index (κ2) is 7.79. The molecule has 0 saturated heterocycles. The first-order valence-corrected chi connectivity index (χ1v) is 8.25. The van der Waals surface area contributed by atoms with Gasteiger partial charge in [0, 0.05) is 29.1 Å². The molecule has 0 atom stereocenters. The molecule has 0 saturated carbocycles. The van der Waals surface area contributed by atoms with E-state index in [0.29, 0.717) is 10.7 Å². The van der Waals surface area contributed by atoms with Crippen molar-refractivity contribution in [2.75, 3.05) is 5.32 Å². The summed E-state index contributed by atoms with van der Waals surface area (Å²) in [5.41, 5.74) is -0.0573. The Balaban J connectivity index is 1.62. The third-order valence-electron chi connectivity index (χ3n) is 3.59. The van der Waals surface area contributed by atoms with Gasteiger partial charge in [-0.05, 0) is 30.3 Å². The first-order valence-electron chi connectivity index (χ1n) is 7.87. The van der Waals surface area contributed by atoms with E-state index in [1.165, 1.54) is 12.1 Å². The standard InChI is InChI=1S/C18H13ClF3N3O2/c19-13-5-2-6-14(10-13)23-15(26)7-8-16-24-17(25-27-16)11-3-1-4-12(9-11)18(20,21)22/h1-6,9-10H,7-8H2,(H,23,26). The summed E-state index contributed by atoms with van der Waals surface area (Å²) in [5.74, 6) is -0.0916. The lowest BCUT2D eigenvalue weighted by Gasteiger charge is -2.06. The van der Waals surface area contributed by atoms with Gasteiger partial charge in [0.15, 0.2) is 0 Å². The summed E-state index contributed by atoms with van der Waals surface area (Å²) in [5, 5.41) is 6.85. The molecule has 0 aliphatic carbocycles. The highest BCUT2D eigenvalue weighted by Crippen LogP contribution is 2.31. The van der Waals surface area contributed by atoms with Crippen LogP contribution in [0.1, 0.15) is 17.9 Å². The van der Waals surface area contributed by atoms with Crippen LogP contribution < -0.4 is 5.32 Å². The third-order valence-corrected chi connectivity index (χ3v) is 3.83. The topological polar surface area (TPSA) is 68.0 Å². The molecule has 0 aliphatic rings. The van der Waals surface area contributed by atoms with Crippen LogP contribution in [0.25, 0.3) is 11.4 Å². The van der Waals surface area contributed by atoms with E-state index in [0.717, 1.165) is 12.1 Å². The van der Waals surface area contributed by atoms with E-state index in [4.69, 9.17) is 16.1 Å². The number of nitrogens with one attached hydrogen (secondary N) is 1. The van der Waals surface area contributed by atoms with E-state index in [1.807, 2.05) is 0 Å². The number of rotatable bonds is 5. The van der Waals surface area contributed by atoms with E-state index in [1.54, 1.807) is 24.3 Å². The maximum absolute atomic E-state index is 12.8. The van der Waals surface area contributed by atoms with Gasteiger partial charge in [0.25, 0.3) is 0 Å². The molecule has 0 unspecified atom stereocenters. The van der Waals surface area contributed by atoms with Crippen molar-refractivity contribution in [1.82, 2.24) is 10.1 Å². The number of benzene rings is 2. The molecule has 0 radical (unpaired) electrons. The van der Waals surface area contributed by atoms with Crippen LogP contribution in [0.3, 0.4) is 0 Å². The highest BCUT2D eigenvalue weighted by atomic mass is 35.5. The zero-order valence-corrected chi connectivity index (χ0v) is 14.5. The van der Waals surface area contributed by atoms with Gasteiger partial charge in [0.05, 0.1) is 5.56 Å². The van der Waals surface area contributed by atoms with Gasteiger partial charge in [-0.3, -0.25) is 4.79 Å². The lowest BCUT2D eigenvalue weighted by atomic mass is 10.1. The van der Waals surface area contributed by atoms with Gasteiger partial charge >= 0.3 is 6.18 Å². The van der Waals surface area contributed by atoms with Gasteiger partial charge in [-0.2, -0.15) is 18.2 Å². The van der Waals surface area contributed by atoms with Gasteiger partial charge in [-0.25, -0.2) is 0 Å². The van der Waals surface area contributed by atoms with Gasteiger partial charge in [-0.1, -0.05) is 35.0 Å². The Morgan fingerprint density at radius 2 is 1.93 bits per heavy atom. The summed E-state index contributed by atoms with van der Waals surface area (Å²) in [7, 11) is 0. The quantitative estimate of drug-likeness (QED) is 0.661. The molecule has 3 aromatic rings. The van der Waals surface area contributed by atoms with Crippen molar-refractivity contribution in [3.8, 4) is 11.4 Å². The number of alkyl halides is 3. The molecule has 0 bridgehead atoms. The Bertz CT molecular complexity index is 957. The van der Waals surface area contributed by atoms with Crippen LogP contribution in [0.5, 0.6) is 0 Å². The van der Waals surface area contributed by atoms with E-state index in [-0.39, 0.29) is 36.0 Å². The lowest BCUT2D eigenvalue weighted by Crippen LogP contribution is -2.12. The highest BCUT2D eigenvalue weighted by molar-refractivity contribution is 6.30. The van der Waals surface area contributed by atoms with Crippen molar-refractivity contribution < 1.29 is 22.5 Å². The van der Waals surface area contributed by atoms with Crippen LogP contribution in [0, 0.1) is 0 Å². The smallest absolute Gasteiger partial charge is 0.339 e. The number of carbonyl (C=O) groups excluding carboxylic acids is 1. The number of carbonyl (C=O) groups is 1. The molecule has 1 N–H and O–H groups in total. The van der Waals surface area contributed by atoms with Crippen molar-refractivity contribution in [1.29, 1.82) is 0 Å². The van der Waals surface area contributed by atoms with E-state index in [9.17, 15) is 18.0 Å². The number of amides is 1. The number of hydrogen-bond acceptors (Lipinski definition) is 4. The zero-order chi connectivity index (χ0) is 19.4. The minimum absolute atomic E-state index is 0.0337. The summed E-state index contributed by atoms with van der Waals surface area (Å²) in [6.07, 6.45) is -4.24. The fraction of sp³-hybridized carbons (Fsp3) is 0.167. The predicted molar refractivity (Wildman–Crippen MR) is 93.1 cm³/mol. The zero-order valence-electron chi connectivity index (χ0n) is 13.8. The maximum atomic E-state index is 12.8. The molecule has 9 heteroatoms. The molecule has 2 aromatic carbocycles. The fourth-order valence-electron chi connectivity index (χ4n) is 2.32. The molecule has 5 nitrogen and oxygen atoms in total. The van der Waals surface area contributed by atoms with Gasteiger partial charge in [-0.15, -0.1) is 0 Å². The Labute approximate surface area is 157 Å². The van der Waals surface area contributed by atoms with Crippen LogP contribution in [0.4, 0.5) is 18.9 Å². The summed E-state index contributed by atoms with van der Waals surface area (Å²) in [6, 6.07) is 11.3. The van der Waals surface area contributed by atoms with Crippen LogP contribution in [-0.2, 0) is 17.4 Å². The van der Waals surface area contributed by atoms with Crippen LogP contribution in [0.2, 0.25) is 5.02 Å². The molecule has 1 amide bonds. The number of aromatic nitrogens is 2. The average molecular weight is 396 g/mol. The second-order valence-electron chi connectivity index (χ2n) is 5.65. The van der Waals surface area contributed by atoms with Crippen LogP contribution in [-0.4, -0.2) is 16.0 Å². The summed E-state index contributed by atoms with van der Waals surface area (Å²) >= 11 is 5.85.